The largest absolute Gasteiger partial charge is 0.343 e. The molecule has 3 aromatic rings. The molecule has 0 N–H and O–H groups in total. The lowest BCUT2D eigenvalue weighted by atomic mass is 10.2. The predicted octanol–water partition coefficient (Wildman–Crippen LogP) is 3.68. The van der Waals surface area contributed by atoms with E-state index in [0.29, 0.717) is 23.6 Å². The summed E-state index contributed by atoms with van der Waals surface area (Å²) in [7, 11) is 1.72. The number of fused-ring (bicyclic) bond motifs is 1. The number of carbonyl (C=O) groups excluding carboxylic acids is 1. The van der Waals surface area contributed by atoms with Gasteiger partial charge in [0.25, 0.3) is 5.56 Å². The van der Waals surface area contributed by atoms with Gasteiger partial charge in [-0.3, -0.25) is 14.2 Å². The Morgan fingerprint density at radius 2 is 2.08 bits per heavy atom. The van der Waals surface area contributed by atoms with E-state index in [1.54, 1.807) is 27.9 Å². The summed E-state index contributed by atoms with van der Waals surface area (Å²) in [6, 6.07) is 3.99. The van der Waals surface area contributed by atoms with Crippen molar-refractivity contribution < 1.29 is 4.79 Å². The number of thiophene rings is 2. The summed E-state index contributed by atoms with van der Waals surface area (Å²) in [5.74, 6) is 0.353. The van der Waals surface area contributed by atoms with E-state index in [2.05, 4.69) is 4.98 Å². The average molecular weight is 394 g/mol. The molecule has 3 heterocycles. The fraction of sp³-hybridized carbons (Fsp3) is 0.353. The molecule has 0 radical (unpaired) electrons. The summed E-state index contributed by atoms with van der Waals surface area (Å²) in [6.07, 6.45) is 0. The Labute approximate surface area is 158 Å². The van der Waals surface area contributed by atoms with Gasteiger partial charge in [0.15, 0.2) is 5.16 Å². The van der Waals surface area contributed by atoms with Crippen molar-refractivity contribution in [2.45, 2.75) is 19.0 Å². The fourth-order valence-corrected chi connectivity index (χ4v) is 5.27. The van der Waals surface area contributed by atoms with Gasteiger partial charge < -0.3 is 4.90 Å². The van der Waals surface area contributed by atoms with E-state index in [9.17, 15) is 9.59 Å². The minimum absolute atomic E-state index is 0.0626. The molecule has 8 heteroatoms. The molecule has 1 amide bonds. The van der Waals surface area contributed by atoms with Crippen LogP contribution in [0.15, 0.2) is 32.8 Å². The van der Waals surface area contributed by atoms with Crippen LogP contribution in [0.1, 0.15) is 13.8 Å². The molecular weight excluding hydrogens is 374 g/mol. The van der Waals surface area contributed by atoms with Gasteiger partial charge in [0, 0.05) is 36.0 Å². The fourth-order valence-electron chi connectivity index (χ4n) is 2.59. The molecule has 0 aliphatic carbocycles. The van der Waals surface area contributed by atoms with Gasteiger partial charge in [-0.2, -0.15) is 0 Å². The highest BCUT2D eigenvalue weighted by Crippen LogP contribution is 2.34. The molecule has 0 saturated carbocycles. The minimum Gasteiger partial charge on any atom is -0.343 e. The number of aromatic nitrogens is 2. The van der Waals surface area contributed by atoms with Gasteiger partial charge in [-0.1, -0.05) is 17.8 Å². The molecule has 3 rings (SSSR count). The van der Waals surface area contributed by atoms with E-state index >= 15 is 0 Å². The molecule has 132 valence electrons. The first-order chi connectivity index (χ1) is 12.1. The van der Waals surface area contributed by atoms with Crippen LogP contribution in [0.5, 0.6) is 0 Å². The third kappa shape index (κ3) is 3.51. The lowest BCUT2D eigenvalue weighted by Crippen LogP contribution is -2.32. The van der Waals surface area contributed by atoms with Crippen LogP contribution in [0.25, 0.3) is 20.7 Å². The van der Waals surface area contributed by atoms with E-state index < -0.39 is 0 Å². The number of rotatable bonds is 6. The van der Waals surface area contributed by atoms with Gasteiger partial charge in [0.05, 0.1) is 11.1 Å². The number of carbonyl (C=O) groups is 1. The highest BCUT2D eigenvalue weighted by atomic mass is 32.2. The number of hydrogen-bond acceptors (Lipinski definition) is 6. The van der Waals surface area contributed by atoms with Gasteiger partial charge in [0.1, 0.15) is 4.83 Å². The van der Waals surface area contributed by atoms with Gasteiger partial charge >= 0.3 is 0 Å². The number of thioether (sulfide) groups is 1. The Bertz CT molecular complexity index is 940. The summed E-state index contributed by atoms with van der Waals surface area (Å²) in [5, 5.41) is 5.23. The van der Waals surface area contributed by atoms with E-state index in [0.717, 1.165) is 15.3 Å². The van der Waals surface area contributed by atoms with Crippen LogP contribution in [-0.4, -0.2) is 39.2 Å². The first kappa shape index (κ1) is 18.2. The Hall–Kier alpha value is -1.64. The van der Waals surface area contributed by atoms with Crippen LogP contribution in [0.3, 0.4) is 0 Å². The van der Waals surface area contributed by atoms with Crippen molar-refractivity contribution in [1.29, 1.82) is 0 Å². The van der Waals surface area contributed by atoms with Crippen LogP contribution >= 0.6 is 34.4 Å². The van der Waals surface area contributed by atoms with Gasteiger partial charge in [-0.25, -0.2) is 4.98 Å². The first-order valence-electron chi connectivity index (χ1n) is 7.99. The second-order valence-electron chi connectivity index (χ2n) is 5.42. The predicted molar refractivity (Wildman–Crippen MR) is 107 cm³/mol. The van der Waals surface area contributed by atoms with Crippen molar-refractivity contribution in [1.82, 2.24) is 14.5 Å². The summed E-state index contributed by atoms with van der Waals surface area (Å²) < 4.78 is 1.55. The molecule has 0 bridgehead atoms. The number of hydrogen-bond donors (Lipinski definition) is 0. The smallest absolute Gasteiger partial charge is 0.263 e. The maximum atomic E-state index is 12.8. The zero-order valence-electron chi connectivity index (χ0n) is 14.3. The molecule has 0 aromatic carbocycles. The molecule has 0 fully saturated rings. The molecule has 0 spiro atoms. The molecule has 0 aliphatic rings. The maximum absolute atomic E-state index is 12.8. The molecule has 0 atom stereocenters. The number of nitrogens with zero attached hydrogens (tertiary/aromatic N) is 3. The summed E-state index contributed by atoms with van der Waals surface area (Å²) in [4.78, 5) is 33.2. The zero-order chi connectivity index (χ0) is 18.0. The lowest BCUT2D eigenvalue weighted by Gasteiger charge is -2.18. The van der Waals surface area contributed by atoms with E-state index in [4.69, 9.17) is 0 Å². The third-order valence-electron chi connectivity index (χ3n) is 4.00. The van der Waals surface area contributed by atoms with Crippen molar-refractivity contribution >= 4 is 50.6 Å². The maximum Gasteiger partial charge on any atom is 0.263 e. The zero-order valence-corrected chi connectivity index (χ0v) is 16.8. The van der Waals surface area contributed by atoms with Crippen LogP contribution < -0.4 is 5.56 Å². The van der Waals surface area contributed by atoms with E-state index in [1.165, 1.54) is 23.1 Å². The van der Waals surface area contributed by atoms with Crippen molar-refractivity contribution in [2.75, 3.05) is 18.8 Å². The quantitative estimate of drug-likeness (QED) is 0.473. The molecule has 5 nitrogen and oxygen atoms in total. The second-order valence-corrected chi connectivity index (χ2v) is 8.17. The monoisotopic (exact) mass is 393 g/mol. The van der Waals surface area contributed by atoms with Crippen LogP contribution in [0.2, 0.25) is 0 Å². The van der Waals surface area contributed by atoms with E-state index in [-0.39, 0.29) is 17.2 Å². The van der Waals surface area contributed by atoms with Crippen molar-refractivity contribution in [3.8, 4) is 10.4 Å². The molecule has 0 saturated heterocycles. The molecular formula is C17H19N3O2S3. The Morgan fingerprint density at radius 3 is 2.72 bits per heavy atom. The Balaban J connectivity index is 1.93. The second kappa shape index (κ2) is 7.72. The molecule has 0 aliphatic heterocycles. The lowest BCUT2D eigenvalue weighted by molar-refractivity contribution is -0.127. The highest BCUT2D eigenvalue weighted by Gasteiger charge is 2.17. The minimum atomic E-state index is -0.0626. The summed E-state index contributed by atoms with van der Waals surface area (Å²) >= 11 is 4.40. The van der Waals surface area contributed by atoms with Gasteiger partial charge in [-0.15, -0.1) is 22.7 Å². The molecule has 25 heavy (non-hydrogen) atoms. The van der Waals surface area contributed by atoms with Crippen LogP contribution in [0.4, 0.5) is 0 Å². The SMILES string of the molecule is CCN(CC)C(=O)CSc1nc2scc(-c3cccs3)c2c(=O)n1C. The standard InChI is InChI=1S/C17H19N3O2S3/c1-4-20(5-2)13(21)10-25-17-18-15-14(16(22)19(17)3)11(9-24-15)12-7-6-8-23-12/h6-9H,4-5,10H2,1-3H3. The van der Waals surface area contributed by atoms with Crippen molar-refractivity contribution in [3.05, 3.63) is 33.2 Å². The highest BCUT2D eigenvalue weighted by molar-refractivity contribution is 7.99. The van der Waals surface area contributed by atoms with Crippen molar-refractivity contribution in [2.24, 2.45) is 7.05 Å². The van der Waals surface area contributed by atoms with Gasteiger partial charge in [0.2, 0.25) is 5.91 Å². The third-order valence-corrected chi connectivity index (χ3v) is 6.79. The van der Waals surface area contributed by atoms with Gasteiger partial charge in [-0.05, 0) is 25.3 Å². The average Bonchev–Trinajstić information content (AvgIpc) is 3.27. The van der Waals surface area contributed by atoms with Crippen molar-refractivity contribution in [3.63, 3.8) is 0 Å². The summed E-state index contributed by atoms with van der Waals surface area (Å²) in [6.45, 7) is 5.31. The van der Waals surface area contributed by atoms with Crippen LogP contribution in [0, 0.1) is 0 Å². The summed E-state index contributed by atoms with van der Waals surface area (Å²) in [5.41, 5.74) is 0.881. The first-order valence-corrected chi connectivity index (χ1v) is 10.7. The normalized spacial score (nSPS) is 11.2. The van der Waals surface area contributed by atoms with E-state index in [1.807, 2.05) is 36.7 Å². The number of amides is 1. The topological polar surface area (TPSA) is 55.2 Å². The Morgan fingerprint density at radius 1 is 1.32 bits per heavy atom. The molecule has 3 aromatic heterocycles. The Kier molecular flexibility index (Phi) is 5.61. The van der Waals surface area contributed by atoms with Crippen LogP contribution in [-0.2, 0) is 11.8 Å². The molecule has 0 unspecified atom stereocenters.